The molecule has 2 fully saturated rings. The lowest BCUT2D eigenvalue weighted by Gasteiger charge is -2.40. The number of nitrogens with zero attached hydrogens (tertiary/aromatic N) is 2. The Labute approximate surface area is 337 Å². The third kappa shape index (κ3) is 14.6. The SMILES string of the molecule is C#CC#CC#CC#CC#CC#CC#CC#CC#CC#CC#CC.NN=S.N[C@H]1c2ccccc2CC12CCC(c1ccc(SCC3CC3)nc1)CC2.[HH].[HH].[HH].[HH].[HH].[HH].[HH].[HH].[HH].[HH].[HH].[HH]. The molecule has 2 saturated carbocycles. The average Bonchev–Trinajstić information content (AvgIpc) is 3.97. The summed E-state index contributed by atoms with van der Waals surface area (Å²) in [5, 5.41) is 1.20. The van der Waals surface area contributed by atoms with Crippen molar-refractivity contribution in [2.24, 2.45) is 27.4 Å². The van der Waals surface area contributed by atoms with E-state index in [1.165, 1.54) is 72.4 Å². The molecule has 274 valence electrons. The third-order valence-electron chi connectivity index (χ3n) is 8.29. The second-order valence-corrected chi connectivity index (χ2v) is 12.8. The second-order valence-electron chi connectivity index (χ2n) is 11.5. The van der Waals surface area contributed by atoms with Gasteiger partial charge in [0.15, 0.2) is 0 Å². The molecular weight excluding hydrogens is 673 g/mol. The molecule has 1 spiro atoms. The fourth-order valence-corrected chi connectivity index (χ4v) is 6.70. The van der Waals surface area contributed by atoms with E-state index >= 15 is 0 Å². The summed E-state index contributed by atoms with van der Waals surface area (Å²) in [6, 6.07) is 13.6. The Bertz CT molecular complexity index is 2320. The van der Waals surface area contributed by atoms with Gasteiger partial charge in [-0.15, -0.1) is 22.7 Å². The Kier molecular flexibility index (Phi) is 18.4. The third-order valence-corrected chi connectivity index (χ3v) is 9.47. The van der Waals surface area contributed by atoms with E-state index in [1.54, 1.807) is 6.92 Å². The highest BCUT2D eigenvalue weighted by Crippen LogP contribution is 2.55. The van der Waals surface area contributed by atoms with Crippen molar-refractivity contribution >= 4 is 24.2 Å². The zero-order valence-electron chi connectivity index (χ0n) is 28.9. The van der Waals surface area contributed by atoms with Crippen molar-refractivity contribution in [2.75, 3.05) is 5.75 Å². The zero-order valence-corrected chi connectivity index (χ0v) is 30.5. The van der Waals surface area contributed by atoms with E-state index in [9.17, 15) is 0 Å². The number of hydrogen-bond acceptors (Lipinski definition) is 5. The van der Waals surface area contributed by atoms with Gasteiger partial charge in [0.1, 0.15) is 0 Å². The highest BCUT2D eigenvalue weighted by molar-refractivity contribution is 7.99. The Morgan fingerprint density at radius 2 is 1.29 bits per heavy atom. The van der Waals surface area contributed by atoms with Crippen molar-refractivity contribution in [3.8, 4) is 131 Å². The van der Waals surface area contributed by atoms with Gasteiger partial charge in [-0.25, -0.2) is 4.98 Å². The molecule has 52 heavy (non-hydrogen) atoms. The van der Waals surface area contributed by atoms with Crippen LogP contribution in [0.1, 0.15) is 91.2 Å². The number of hydrogen-bond donors (Lipinski definition) is 2. The molecule has 4 nitrogen and oxygen atoms in total. The molecule has 0 bridgehead atoms. The molecule has 0 amide bonds. The molecule has 0 aliphatic heterocycles. The Morgan fingerprint density at radius 1 is 0.788 bits per heavy atom. The number of pyridine rings is 1. The highest BCUT2D eigenvalue weighted by Gasteiger charge is 2.46. The van der Waals surface area contributed by atoms with Gasteiger partial charge in [0.2, 0.25) is 0 Å². The summed E-state index contributed by atoms with van der Waals surface area (Å²) < 4.78 is 2.58. The highest BCUT2D eigenvalue weighted by atomic mass is 32.2. The van der Waals surface area contributed by atoms with E-state index < -0.39 is 0 Å². The van der Waals surface area contributed by atoms with Crippen molar-refractivity contribution in [1.82, 2.24) is 4.98 Å². The van der Waals surface area contributed by atoms with Gasteiger partial charge in [0, 0.05) is 58.8 Å². The molecule has 1 atom stereocenters. The van der Waals surface area contributed by atoms with Crippen LogP contribution in [0.4, 0.5) is 0 Å². The molecule has 0 radical (unpaired) electrons. The van der Waals surface area contributed by atoms with Crippen LogP contribution in [0.25, 0.3) is 0 Å². The van der Waals surface area contributed by atoms with Crippen molar-refractivity contribution in [3.63, 3.8) is 0 Å². The zero-order chi connectivity index (χ0) is 37.1. The predicted octanol–water partition coefficient (Wildman–Crippen LogP) is 8.70. The Hall–Kier alpha value is -6.34. The number of aromatic nitrogens is 1. The summed E-state index contributed by atoms with van der Waals surface area (Å²) in [5.41, 5.74) is 11.3. The van der Waals surface area contributed by atoms with Crippen LogP contribution in [-0.4, -0.2) is 10.7 Å². The number of benzene rings is 1. The molecule has 1 aromatic carbocycles. The van der Waals surface area contributed by atoms with Gasteiger partial charge in [-0.1, -0.05) is 36.3 Å². The van der Waals surface area contributed by atoms with Gasteiger partial charge in [-0.05, 0) is 187 Å². The maximum Gasteiger partial charge on any atom is 0.0960 e. The summed E-state index contributed by atoms with van der Waals surface area (Å²) >= 11 is 5.72. The fraction of sp³-hybridized carbons (Fsp3) is 0.283. The first-order chi connectivity index (χ1) is 25.6. The first-order valence-electron chi connectivity index (χ1n) is 16.4. The summed E-state index contributed by atoms with van der Waals surface area (Å²) in [6.07, 6.45) is 16.0. The number of terminal acetylenes is 1. The molecule has 0 unspecified atom stereocenters. The Morgan fingerprint density at radius 3 is 1.73 bits per heavy atom. The van der Waals surface area contributed by atoms with Crippen LogP contribution in [0.5, 0.6) is 0 Å². The number of fused-ring (bicyclic) bond motifs is 1. The van der Waals surface area contributed by atoms with Gasteiger partial charge >= 0.3 is 0 Å². The van der Waals surface area contributed by atoms with Gasteiger partial charge in [0.05, 0.1) is 17.5 Å². The normalized spacial score (nSPS) is 17.2. The molecular formula is C46H58N4S2. The predicted molar refractivity (Wildman–Crippen MR) is 240 cm³/mol. The topological polar surface area (TPSA) is 77.3 Å². The van der Waals surface area contributed by atoms with E-state index in [2.05, 4.69) is 190 Å². The van der Waals surface area contributed by atoms with Gasteiger partial charge < -0.3 is 11.6 Å². The average molecular weight is 731 g/mol. The maximum absolute atomic E-state index is 6.71. The smallest absolute Gasteiger partial charge is 0.0960 e. The van der Waals surface area contributed by atoms with Crippen molar-refractivity contribution in [3.05, 3.63) is 59.3 Å². The summed E-state index contributed by atoms with van der Waals surface area (Å²) in [6.45, 7) is 1.70. The van der Waals surface area contributed by atoms with Gasteiger partial charge in [-0.3, -0.25) is 0 Å². The van der Waals surface area contributed by atoms with Crippen molar-refractivity contribution < 1.29 is 17.1 Å². The first kappa shape index (κ1) is 40.1. The first-order valence-corrected chi connectivity index (χ1v) is 17.7. The van der Waals surface area contributed by atoms with Crippen molar-refractivity contribution in [2.45, 2.75) is 68.9 Å². The van der Waals surface area contributed by atoms with Gasteiger partial charge in [0.25, 0.3) is 0 Å². The lowest BCUT2D eigenvalue weighted by atomic mass is 9.66. The lowest BCUT2D eigenvalue weighted by molar-refractivity contribution is 0.149. The van der Waals surface area contributed by atoms with Crippen molar-refractivity contribution in [1.29, 1.82) is 0 Å². The quantitative estimate of drug-likeness (QED) is 0.143. The number of nitrogens with two attached hydrogens (primary N) is 2. The lowest BCUT2D eigenvalue weighted by Crippen LogP contribution is -2.35. The molecule has 0 saturated heterocycles. The Balaban J connectivity index is -0.0000000917. The van der Waals surface area contributed by atoms with Crippen LogP contribution in [0.15, 0.2) is 52.1 Å². The van der Waals surface area contributed by atoms with E-state index in [4.69, 9.17) is 17.1 Å². The van der Waals surface area contributed by atoms with Crippen LogP contribution >= 0.6 is 11.8 Å². The van der Waals surface area contributed by atoms with Crippen LogP contribution in [-0.2, 0) is 18.8 Å². The second kappa shape index (κ2) is 23.9. The number of rotatable bonds is 4. The number of thioether (sulfide) groups is 1. The van der Waals surface area contributed by atoms with Crippen LogP contribution in [0.3, 0.4) is 0 Å². The molecule has 4 N–H and O–H groups in total. The summed E-state index contributed by atoms with van der Waals surface area (Å²) in [7, 11) is 0. The van der Waals surface area contributed by atoms with E-state index in [-0.39, 0.29) is 23.2 Å². The van der Waals surface area contributed by atoms with Gasteiger partial charge in [-0.2, -0.15) is 0 Å². The molecule has 1 heterocycles. The van der Waals surface area contributed by atoms with E-state index in [0.29, 0.717) is 11.3 Å². The molecule has 3 aliphatic carbocycles. The minimum absolute atomic E-state index is 0. The standard InChI is InChI=1S/C23H28N2S.C23H4.H2N2S.12H2/c24-22-20-4-2-1-3-18(20)13-23(22)11-9-17(10-12-23)19-7-8-21(25-14-19)26-15-16-5-6-16;1-3-5-7-9-11-13-15-17-19-21-23-22-20-18-16-14-12-10-8-6-4-2;1-2-3;;;;;;;;;;;;/h1-4,7-8,14,16-17,22H,5-6,9-13,15,24H2;1H,2H3;(H2,1,3);12*1H/t17?,22-,23?;;;;;;;;;;;;;;/m0............../s1. The molecule has 2 aromatic rings. The molecule has 1 aromatic heterocycles. The summed E-state index contributed by atoms with van der Waals surface area (Å²) in [4.78, 5) is 4.73. The largest absolute Gasteiger partial charge is 0.323 e. The monoisotopic (exact) mass is 730 g/mol. The maximum atomic E-state index is 6.71. The van der Waals surface area contributed by atoms with Crippen LogP contribution < -0.4 is 11.6 Å². The van der Waals surface area contributed by atoms with E-state index in [1.807, 2.05) is 11.8 Å². The fourth-order valence-electron chi connectivity index (χ4n) is 5.67. The molecule has 6 heteroatoms. The molecule has 3 aliphatic rings. The summed E-state index contributed by atoms with van der Waals surface area (Å²) in [5.74, 6) is 59.0. The minimum Gasteiger partial charge on any atom is -0.323 e. The molecule has 5 rings (SSSR count). The van der Waals surface area contributed by atoms with Crippen LogP contribution in [0, 0.1) is 142 Å². The van der Waals surface area contributed by atoms with E-state index in [0.717, 1.165) is 5.92 Å². The minimum atomic E-state index is 0. The van der Waals surface area contributed by atoms with Crippen LogP contribution in [0.2, 0.25) is 0 Å².